The quantitative estimate of drug-likeness (QED) is 0.648. The summed E-state index contributed by atoms with van der Waals surface area (Å²) in [6.07, 6.45) is 0. The number of rotatable bonds is 6. The Morgan fingerprint density at radius 3 is 1.96 bits per heavy atom. The van der Waals surface area contributed by atoms with Gasteiger partial charge in [-0.2, -0.15) is 0 Å². The second-order valence-corrected chi connectivity index (χ2v) is 7.46. The minimum Gasteiger partial charge on any atom is -1.00 e. The molecule has 1 N–H and O–H groups in total. The van der Waals surface area contributed by atoms with E-state index in [0.717, 1.165) is 37.4 Å². The summed E-state index contributed by atoms with van der Waals surface area (Å²) in [5, 5.41) is 0. The molecule has 0 saturated carbocycles. The van der Waals surface area contributed by atoms with E-state index in [2.05, 4.69) is 13.8 Å². The molecular formula is C22H28ClNO3. The van der Waals surface area contributed by atoms with Gasteiger partial charge in [-0.1, -0.05) is 60.7 Å². The van der Waals surface area contributed by atoms with Crippen molar-refractivity contribution in [3.63, 3.8) is 0 Å². The molecule has 0 unspecified atom stereocenters. The summed E-state index contributed by atoms with van der Waals surface area (Å²) in [6.45, 7) is 8.14. The summed E-state index contributed by atoms with van der Waals surface area (Å²) in [5.41, 5.74) is 1.79. The topological polar surface area (TPSA) is 40.0 Å². The van der Waals surface area contributed by atoms with E-state index in [4.69, 9.17) is 9.47 Å². The van der Waals surface area contributed by atoms with Gasteiger partial charge in [0.1, 0.15) is 31.2 Å². The van der Waals surface area contributed by atoms with Gasteiger partial charge in [0, 0.05) is 0 Å². The van der Waals surface area contributed by atoms with Crippen LogP contribution in [0.15, 0.2) is 60.7 Å². The van der Waals surface area contributed by atoms with Gasteiger partial charge in [0.05, 0.1) is 13.2 Å². The van der Waals surface area contributed by atoms with Gasteiger partial charge in [-0.25, -0.2) is 0 Å². The molecule has 1 aliphatic rings. The summed E-state index contributed by atoms with van der Waals surface area (Å²) >= 11 is 0. The first-order valence-electron chi connectivity index (χ1n) is 9.27. The maximum absolute atomic E-state index is 13.0. The van der Waals surface area contributed by atoms with Crippen LogP contribution in [0.25, 0.3) is 0 Å². The standard InChI is InChI=1S/C22H27NO3.ClH/c1-22(2,23-13-15-25-16-14-23)17-26-21(24)20(18-9-5-3-6-10-18)19-11-7-4-8-12-19;/h3-12,20H,13-17H2,1-2H3;1H. The fraction of sp³-hybridized carbons (Fsp3) is 0.409. The van der Waals surface area contributed by atoms with Crippen molar-refractivity contribution in [2.45, 2.75) is 25.3 Å². The van der Waals surface area contributed by atoms with Gasteiger partial charge in [-0.3, -0.25) is 4.79 Å². The number of nitrogens with one attached hydrogen (secondary N) is 1. The Balaban J connectivity index is 0.00000261. The second kappa shape index (κ2) is 9.88. The fourth-order valence-corrected chi connectivity index (χ4v) is 3.49. The molecule has 0 bridgehead atoms. The average molecular weight is 390 g/mol. The van der Waals surface area contributed by atoms with Crippen LogP contribution in [0.1, 0.15) is 30.9 Å². The second-order valence-electron chi connectivity index (χ2n) is 7.46. The molecule has 146 valence electrons. The lowest BCUT2D eigenvalue weighted by Crippen LogP contribution is -3.21. The SMILES string of the molecule is CC(C)(COC(=O)C(c1ccccc1)c1ccccc1)[NH+]1CCOCC1.[Cl-]. The van der Waals surface area contributed by atoms with Crippen LogP contribution in [0.3, 0.4) is 0 Å². The van der Waals surface area contributed by atoms with Gasteiger partial charge < -0.3 is 26.8 Å². The molecule has 0 atom stereocenters. The zero-order valence-electron chi connectivity index (χ0n) is 16.0. The highest BCUT2D eigenvalue weighted by atomic mass is 35.5. The van der Waals surface area contributed by atoms with Crippen molar-refractivity contribution in [1.82, 2.24) is 0 Å². The lowest BCUT2D eigenvalue weighted by Gasteiger charge is -2.37. The number of ether oxygens (including phenoxy) is 2. The number of esters is 1. The Kier molecular flexibility index (Phi) is 7.84. The molecular weight excluding hydrogens is 362 g/mol. The average Bonchev–Trinajstić information content (AvgIpc) is 2.69. The predicted molar refractivity (Wildman–Crippen MR) is 101 cm³/mol. The van der Waals surface area contributed by atoms with Crippen LogP contribution < -0.4 is 17.3 Å². The Hall–Kier alpha value is -1.88. The molecule has 0 spiro atoms. The molecule has 1 aliphatic heterocycles. The molecule has 0 aliphatic carbocycles. The highest BCUT2D eigenvalue weighted by molar-refractivity contribution is 5.82. The van der Waals surface area contributed by atoms with Gasteiger partial charge in [-0.15, -0.1) is 0 Å². The molecule has 1 fully saturated rings. The zero-order valence-corrected chi connectivity index (χ0v) is 16.7. The molecule has 27 heavy (non-hydrogen) atoms. The van der Waals surface area contributed by atoms with Crippen LogP contribution in [-0.2, 0) is 14.3 Å². The number of hydrogen-bond acceptors (Lipinski definition) is 3. The smallest absolute Gasteiger partial charge is 0.318 e. The van der Waals surface area contributed by atoms with Crippen LogP contribution in [0, 0.1) is 0 Å². The number of morpholine rings is 1. The van der Waals surface area contributed by atoms with Crippen LogP contribution in [0.2, 0.25) is 0 Å². The molecule has 3 rings (SSSR count). The maximum atomic E-state index is 13.0. The van der Waals surface area contributed by atoms with Gasteiger partial charge in [-0.05, 0) is 25.0 Å². The van der Waals surface area contributed by atoms with Crippen molar-refractivity contribution in [3.05, 3.63) is 71.8 Å². The third kappa shape index (κ3) is 5.55. The highest BCUT2D eigenvalue weighted by Crippen LogP contribution is 2.26. The summed E-state index contributed by atoms with van der Waals surface area (Å²) in [7, 11) is 0. The van der Waals surface area contributed by atoms with Crippen LogP contribution in [-0.4, -0.2) is 44.4 Å². The normalized spacial score (nSPS) is 15.2. The minimum atomic E-state index is -0.395. The first kappa shape index (κ1) is 21.4. The molecule has 2 aromatic rings. The molecule has 1 saturated heterocycles. The molecule has 1 heterocycles. The van der Waals surface area contributed by atoms with Crippen molar-refractivity contribution in [3.8, 4) is 0 Å². The van der Waals surface area contributed by atoms with E-state index in [-0.39, 0.29) is 23.9 Å². The van der Waals surface area contributed by atoms with Gasteiger partial charge in [0.2, 0.25) is 0 Å². The number of carbonyl (C=O) groups excluding carboxylic acids is 1. The summed E-state index contributed by atoms with van der Waals surface area (Å²) < 4.78 is 11.3. The fourth-order valence-electron chi connectivity index (χ4n) is 3.49. The molecule has 0 radical (unpaired) electrons. The Labute approximate surface area is 167 Å². The maximum Gasteiger partial charge on any atom is 0.318 e. The summed E-state index contributed by atoms with van der Waals surface area (Å²) in [4.78, 5) is 14.4. The van der Waals surface area contributed by atoms with Crippen LogP contribution >= 0.6 is 0 Å². The monoisotopic (exact) mass is 389 g/mol. The highest BCUT2D eigenvalue weighted by Gasteiger charge is 2.35. The van der Waals surface area contributed by atoms with Crippen molar-refractivity contribution in [1.29, 1.82) is 0 Å². The molecule has 2 aromatic carbocycles. The Bertz CT molecular complexity index is 661. The molecule has 0 amide bonds. The van der Waals surface area contributed by atoms with E-state index >= 15 is 0 Å². The van der Waals surface area contributed by atoms with E-state index in [1.165, 1.54) is 4.90 Å². The number of halogens is 1. The Morgan fingerprint density at radius 2 is 1.48 bits per heavy atom. The van der Waals surface area contributed by atoms with E-state index in [1.54, 1.807) is 0 Å². The van der Waals surface area contributed by atoms with Gasteiger partial charge >= 0.3 is 5.97 Å². The van der Waals surface area contributed by atoms with E-state index in [9.17, 15) is 4.79 Å². The lowest BCUT2D eigenvalue weighted by molar-refractivity contribution is -0.955. The summed E-state index contributed by atoms with van der Waals surface area (Å²) in [5.74, 6) is -0.587. The zero-order chi connectivity index (χ0) is 18.4. The molecule has 5 heteroatoms. The van der Waals surface area contributed by atoms with E-state index in [0.29, 0.717) is 6.61 Å². The van der Waals surface area contributed by atoms with Crippen molar-refractivity contribution >= 4 is 5.97 Å². The van der Waals surface area contributed by atoms with Gasteiger partial charge in [0.25, 0.3) is 0 Å². The minimum absolute atomic E-state index is 0. The number of benzene rings is 2. The third-order valence-electron chi connectivity index (χ3n) is 5.13. The first-order valence-corrected chi connectivity index (χ1v) is 9.27. The number of hydrogen-bond donors (Lipinski definition) is 1. The van der Waals surface area contributed by atoms with Crippen molar-refractivity contribution in [2.75, 3.05) is 32.9 Å². The van der Waals surface area contributed by atoms with Crippen molar-refractivity contribution < 1.29 is 31.6 Å². The molecule has 4 nitrogen and oxygen atoms in total. The number of carbonyl (C=O) groups is 1. The van der Waals surface area contributed by atoms with E-state index < -0.39 is 5.92 Å². The van der Waals surface area contributed by atoms with Crippen LogP contribution in [0.4, 0.5) is 0 Å². The van der Waals surface area contributed by atoms with Crippen molar-refractivity contribution in [2.24, 2.45) is 0 Å². The third-order valence-corrected chi connectivity index (χ3v) is 5.13. The van der Waals surface area contributed by atoms with E-state index in [1.807, 2.05) is 60.7 Å². The number of quaternary nitrogens is 1. The van der Waals surface area contributed by atoms with Crippen LogP contribution in [0.5, 0.6) is 0 Å². The largest absolute Gasteiger partial charge is 1.00 e. The van der Waals surface area contributed by atoms with Gasteiger partial charge in [0.15, 0.2) is 0 Å². The molecule has 0 aromatic heterocycles. The summed E-state index contributed by atoms with van der Waals surface area (Å²) in [6, 6.07) is 19.7. The predicted octanol–water partition coefficient (Wildman–Crippen LogP) is -0.941. The first-order chi connectivity index (χ1) is 12.6. The lowest BCUT2D eigenvalue weighted by atomic mass is 9.91. The Morgan fingerprint density at radius 1 is 1.00 bits per heavy atom.